The molecule has 0 bridgehead atoms. The first kappa shape index (κ1) is 19.8. The predicted octanol–water partition coefficient (Wildman–Crippen LogP) is 4.42. The van der Waals surface area contributed by atoms with Gasteiger partial charge in [-0.3, -0.25) is 0 Å². The fourth-order valence-corrected chi connectivity index (χ4v) is 3.42. The average molecular weight is 381 g/mol. The summed E-state index contributed by atoms with van der Waals surface area (Å²) in [5.41, 5.74) is 3.23. The Kier molecular flexibility index (Phi) is 6.95. The number of piperidine rings is 1. The number of benzene rings is 2. The Labute approximate surface area is 166 Å². The highest BCUT2D eigenvalue weighted by Gasteiger charge is 2.17. The molecule has 5 heteroatoms. The average Bonchev–Trinajstić information content (AvgIpc) is 2.77. The van der Waals surface area contributed by atoms with Crippen molar-refractivity contribution in [2.45, 2.75) is 25.9 Å². The quantitative estimate of drug-likeness (QED) is 0.404. The van der Waals surface area contributed by atoms with Gasteiger partial charge in [0.15, 0.2) is 0 Å². The molecule has 1 fully saturated rings. The largest absolute Gasteiger partial charge is 0.503 e. The number of nitrogens with zero attached hydrogens (tertiary/aromatic N) is 1. The summed E-state index contributed by atoms with van der Waals surface area (Å²) in [6, 6.07) is 15.8. The Bertz CT molecular complexity index is 808. The van der Waals surface area contributed by atoms with Crippen LogP contribution in [0.5, 0.6) is 5.75 Å². The Hall–Kier alpha value is -2.95. The normalized spacial score (nSPS) is 14.5. The molecule has 0 aliphatic carbocycles. The molecular formula is C23H27NO4. The van der Waals surface area contributed by atoms with E-state index < -0.39 is 5.97 Å². The second-order valence-corrected chi connectivity index (χ2v) is 6.75. The molecule has 0 N–H and O–H groups in total. The van der Waals surface area contributed by atoms with Crippen LogP contribution in [0.2, 0.25) is 0 Å². The molecule has 1 aliphatic heterocycles. The van der Waals surface area contributed by atoms with Gasteiger partial charge in [-0.1, -0.05) is 24.3 Å². The summed E-state index contributed by atoms with van der Waals surface area (Å²) in [5, 5.41) is 0. The van der Waals surface area contributed by atoms with Gasteiger partial charge >= 0.3 is 5.97 Å². The van der Waals surface area contributed by atoms with E-state index in [1.807, 2.05) is 36.4 Å². The number of rotatable bonds is 7. The standard InChI is InChI=1S/C23H27NO4/c1-26-17-22(23(25)27-2)21-9-5-4-8-18(21)16-28-20-12-10-19(11-13-20)24-14-6-3-7-15-24/h4-5,8-13,17H,3,6-7,14-16H2,1-2H3. The molecule has 3 rings (SSSR count). The van der Waals surface area contributed by atoms with Crippen molar-refractivity contribution < 1.29 is 19.0 Å². The molecule has 2 aromatic rings. The highest BCUT2D eigenvalue weighted by molar-refractivity contribution is 6.16. The fourth-order valence-electron chi connectivity index (χ4n) is 3.42. The monoisotopic (exact) mass is 381 g/mol. The summed E-state index contributed by atoms with van der Waals surface area (Å²) >= 11 is 0. The number of hydrogen-bond donors (Lipinski definition) is 0. The lowest BCUT2D eigenvalue weighted by molar-refractivity contribution is -0.133. The fraction of sp³-hybridized carbons (Fsp3) is 0.348. The predicted molar refractivity (Wildman–Crippen MR) is 110 cm³/mol. The third-order valence-electron chi connectivity index (χ3n) is 4.90. The van der Waals surface area contributed by atoms with Gasteiger partial charge in [-0.2, -0.15) is 0 Å². The van der Waals surface area contributed by atoms with Crippen LogP contribution in [0.1, 0.15) is 30.4 Å². The van der Waals surface area contributed by atoms with Crippen LogP contribution in [-0.2, 0) is 20.9 Å². The number of methoxy groups -OCH3 is 2. The lowest BCUT2D eigenvalue weighted by Gasteiger charge is -2.28. The van der Waals surface area contributed by atoms with E-state index in [4.69, 9.17) is 14.2 Å². The molecule has 28 heavy (non-hydrogen) atoms. The number of carbonyl (C=O) groups is 1. The second-order valence-electron chi connectivity index (χ2n) is 6.75. The maximum atomic E-state index is 12.1. The SMILES string of the molecule is COC=C(C(=O)OC)c1ccccc1COc1ccc(N2CCCCC2)cc1. The minimum atomic E-state index is -0.444. The molecule has 0 aromatic heterocycles. The smallest absolute Gasteiger partial charge is 0.341 e. The number of hydrogen-bond acceptors (Lipinski definition) is 5. The molecule has 0 radical (unpaired) electrons. The minimum absolute atomic E-state index is 0.345. The minimum Gasteiger partial charge on any atom is -0.503 e. The first-order chi connectivity index (χ1) is 13.7. The van der Waals surface area contributed by atoms with E-state index in [1.165, 1.54) is 45.4 Å². The lowest BCUT2D eigenvalue weighted by Crippen LogP contribution is -2.29. The Balaban J connectivity index is 1.71. The Morgan fingerprint density at radius 3 is 2.39 bits per heavy atom. The molecular weight excluding hydrogens is 354 g/mol. The van der Waals surface area contributed by atoms with Crippen LogP contribution in [0, 0.1) is 0 Å². The molecule has 1 saturated heterocycles. The Morgan fingerprint density at radius 2 is 1.71 bits per heavy atom. The summed E-state index contributed by atoms with van der Waals surface area (Å²) in [6.45, 7) is 2.59. The maximum Gasteiger partial charge on any atom is 0.341 e. The summed E-state index contributed by atoms with van der Waals surface area (Å²) in [7, 11) is 2.86. The molecule has 1 aliphatic rings. The van der Waals surface area contributed by atoms with Crippen LogP contribution in [0.4, 0.5) is 5.69 Å². The lowest BCUT2D eigenvalue weighted by atomic mass is 10.0. The molecule has 0 amide bonds. The summed E-state index contributed by atoms with van der Waals surface area (Å²) in [4.78, 5) is 14.5. The van der Waals surface area contributed by atoms with Crippen LogP contribution in [0.25, 0.3) is 5.57 Å². The van der Waals surface area contributed by atoms with Crippen molar-refractivity contribution in [3.8, 4) is 5.75 Å². The van der Waals surface area contributed by atoms with Crippen molar-refractivity contribution in [2.24, 2.45) is 0 Å². The maximum absolute atomic E-state index is 12.1. The van der Waals surface area contributed by atoms with Gasteiger partial charge in [-0.05, 0) is 54.7 Å². The molecule has 5 nitrogen and oxygen atoms in total. The van der Waals surface area contributed by atoms with Gasteiger partial charge in [-0.25, -0.2) is 4.79 Å². The van der Waals surface area contributed by atoms with Crippen LogP contribution in [0.3, 0.4) is 0 Å². The topological polar surface area (TPSA) is 48.0 Å². The zero-order valence-corrected chi connectivity index (χ0v) is 16.5. The molecule has 148 valence electrons. The zero-order chi connectivity index (χ0) is 19.8. The number of anilines is 1. The first-order valence-corrected chi connectivity index (χ1v) is 9.60. The van der Waals surface area contributed by atoms with Crippen LogP contribution >= 0.6 is 0 Å². The van der Waals surface area contributed by atoms with E-state index in [2.05, 4.69) is 17.0 Å². The third-order valence-corrected chi connectivity index (χ3v) is 4.90. The Morgan fingerprint density at radius 1 is 1.00 bits per heavy atom. The van der Waals surface area contributed by atoms with Crippen molar-refractivity contribution in [1.29, 1.82) is 0 Å². The highest BCUT2D eigenvalue weighted by Crippen LogP contribution is 2.25. The summed E-state index contributed by atoms with van der Waals surface area (Å²) in [5.74, 6) is 0.353. The zero-order valence-electron chi connectivity index (χ0n) is 16.5. The van der Waals surface area contributed by atoms with Crippen molar-refractivity contribution in [3.05, 3.63) is 65.9 Å². The number of carbonyl (C=O) groups excluding carboxylic acids is 1. The number of ether oxygens (including phenoxy) is 3. The third kappa shape index (κ3) is 4.85. The summed E-state index contributed by atoms with van der Waals surface area (Å²) < 4.78 is 15.9. The molecule has 0 unspecified atom stereocenters. The van der Waals surface area contributed by atoms with Gasteiger partial charge < -0.3 is 19.1 Å². The van der Waals surface area contributed by atoms with E-state index >= 15 is 0 Å². The van der Waals surface area contributed by atoms with E-state index in [9.17, 15) is 4.79 Å². The molecule has 0 spiro atoms. The van der Waals surface area contributed by atoms with Gasteiger partial charge in [0.2, 0.25) is 0 Å². The number of esters is 1. The van der Waals surface area contributed by atoms with Crippen LogP contribution in [-0.4, -0.2) is 33.3 Å². The second kappa shape index (κ2) is 9.83. The molecule has 0 saturated carbocycles. The van der Waals surface area contributed by atoms with Crippen molar-refractivity contribution >= 4 is 17.2 Å². The highest BCUT2D eigenvalue weighted by atomic mass is 16.5. The first-order valence-electron chi connectivity index (χ1n) is 9.60. The molecule has 2 aromatic carbocycles. The van der Waals surface area contributed by atoms with E-state index in [0.29, 0.717) is 12.2 Å². The van der Waals surface area contributed by atoms with Gasteiger partial charge in [0.25, 0.3) is 0 Å². The van der Waals surface area contributed by atoms with Crippen molar-refractivity contribution in [3.63, 3.8) is 0 Å². The van der Waals surface area contributed by atoms with Gasteiger partial charge in [-0.15, -0.1) is 0 Å². The van der Waals surface area contributed by atoms with E-state index in [0.717, 1.165) is 30.0 Å². The molecule has 0 atom stereocenters. The van der Waals surface area contributed by atoms with Gasteiger partial charge in [0.1, 0.15) is 17.9 Å². The van der Waals surface area contributed by atoms with Gasteiger partial charge in [0.05, 0.1) is 20.5 Å². The van der Waals surface area contributed by atoms with Crippen molar-refractivity contribution in [2.75, 3.05) is 32.2 Å². The molecule has 1 heterocycles. The van der Waals surface area contributed by atoms with Gasteiger partial charge in [0, 0.05) is 18.8 Å². The summed E-state index contributed by atoms with van der Waals surface area (Å²) in [6.07, 6.45) is 5.24. The van der Waals surface area contributed by atoms with E-state index in [-0.39, 0.29) is 0 Å². The van der Waals surface area contributed by atoms with E-state index in [1.54, 1.807) is 0 Å². The van der Waals surface area contributed by atoms with Crippen LogP contribution in [0.15, 0.2) is 54.8 Å². The van der Waals surface area contributed by atoms with Crippen molar-refractivity contribution in [1.82, 2.24) is 0 Å². The van der Waals surface area contributed by atoms with Crippen LogP contribution < -0.4 is 9.64 Å².